The molecule has 1 aromatic carbocycles. The van der Waals surface area contributed by atoms with Crippen molar-refractivity contribution in [1.29, 1.82) is 0 Å². The Morgan fingerprint density at radius 1 is 1.00 bits per heavy atom. The van der Waals surface area contributed by atoms with E-state index in [2.05, 4.69) is 10.2 Å². The minimum atomic E-state index is -4.54. The molecule has 0 bridgehead atoms. The van der Waals surface area contributed by atoms with Crippen molar-refractivity contribution in [2.75, 3.05) is 18.0 Å². The molecule has 0 radical (unpaired) electrons. The van der Waals surface area contributed by atoms with E-state index >= 15 is 0 Å². The lowest BCUT2D eigenvalue weighted by molar-refractivity contribution is -0.142. The molecule has 0 atom stereocenters. The minimum absolute atomic E-state index is 0.0702. The number of halogens is 3. The maximum absolute atomic E-state index is 13.6. The first-order chi connectivity index (χ1) is 19.2. The lowest BCUT2D eigenvalue weighted by Crippen LogP contribution is -2.37. The highest BCUT2D eigenvalue weighted by Gasteiger charge is 2.40. The molecule has 11 heteroatoms. The Bertz CT molecular complexity index is 1350. The fraction of sp³-hybridized carbons (Fsp3) is 0.517. The average Bonchev–Trinajstić information content (AvgIpc) is 3.64. The molecule has 0 spiro atoms. The summed E-state index contributed by atoms with van der Waals surface area (Å²) < 4.78 is 43.9. The van der Waals surface area contributed by atoms with E-state index in [9.17, 15) is 22.8 Å². The molecule has 0 saturated heterocycles. The van der Waals surface area contributed by atoms with E-state index in [0.29, 0.717) is 44.6 Å². The second-order valence-electron chi connectivity index (χ2n) is 10.7. The summed E-state index contributed by atoms with van der Waals surface area (Å²) in [7, 11) is 0. The molecule has 3 aromatic rings. The lowest BCUT2D eigenvalue weighted by atomic mass is 10.0. The molecule has 2 aromatic heterocycles. The fourth-order valence-corrected chi connectivity index (χ4v) is 5.82. The zero-order chi connectivity index (χ0) is 28.3. The molecule has 1 aliphatic carbocycles. The van der Waals surface area contributed by atoms with Gasteiger partial charge in [-0.25, -0.2) is 0 Å². The topological polar surface area (TPSA) is 76.3 Å². The van der Waals surface area contributed by atoms with Crippen molar-refractivity contribution >= 4 is 17.5 Å². The number of carbonyl (C=O) groups is 2. The van der Waals surface area contributed by atoms with Crippen molar-refractivity contribution < 1.29 is 22.8 Å². The molecule has 0 fully saturated rings. The van der Waals surface area contributed by atoms with Crippen molar-refractivity contribution in [3.8, 4) is 0 Å². The van der Waals surface area contributed by atoms with Gasteiger partial charge in [0.15, 0.2) is 5.69 Å². The number of nitrogens with zero attached hydrogens (tertiary/aromatic N) is 6. The van der Waals surface area contributed by atoms with Gasteiger partial charge in [-0.05, 0) is 55.4 Å². The molecule has 0 N–H and O–H groups in total. The van der Waals surface area contributed by atoms with Crippen LogP contribution in [-0.4, -0.2) is 49.4 Å². The van der Waals surface area contributed by atoms with Crippen LogP contribution in [0.3, 0.4) is 0 Å². The summed E-state index contributed by atoms with van der Waals surface area (Å²) in [6.07, 6.45) is 5.08. The lowest BCUT2D eigenvalue weighted by Gasteiger charge is -2.29. The summed E-state index contributed by atoms with van der Waals surface area (Å²) in [5.74, 6) is -0.344. The van der Waals surface area contributed by atoms with Gasteiger partial charge >= 0.3 is 6.18 Å². The van der Waals surface area contributed by atoms with Crippen LogP contribution in [0.5, 0.6) is 0 Å². The first-order valence-corrected chi connectivity index (χ1v) is 14.0. The van der Waals surface area contributed by atoms with Crippen LogP contribution < -0.4 is 4.90 Å². The highest BCUT2D eigenvalue weighted by atomic mass is 19.4. The fourth-order valence-electron chi connectivity index (χ4n) is 5.82. The van der Waals surface area contributed by atoms with Crippen molar-refractivity contribution in [1.82, 2.24) is 24.5 Å². The molecule has 1 aliphatic heterocycles. The number of alkyl halides is 3. The quantitative estimate of drug-likeness (QED) is 0.454. The van der Waals surface area contributed by atoms with Gasteiger partial charge in [-0.3, -0.25) is 19.0 Å². The van der Waals surface area contributed by atoms with Crippen molar-refractivity contribution in [3.63, 3.8) is 0 Å². The summed E-state index contributed by atoms with van der Waals surface area (Å²) in [6, 6.07) is 7.77. The number of anilines is 1. The van der Waals surface area contributed by atoms with E-state index in [4.69, 9.17) is 0 Å². The Labute approximate surface area is 231 Å². The molecule has 214 valence electrons. The largest absolute Gasteiger partial charge is 0.435 e. The van der Waals surface area contributed by atoms with Crippen LogP contribution in [0, 0.1) is 0 Å². The van der Waals surface area contributed by atoms with Gasteiger partial charge in [0.2, 0.25) is 11.8 Å². The van der Waals surface area contributed by atoms with Crippen LogP contribution in [0.4, 0.5) is 18.9 Å². The molecular weight excluding hydrogens is 521 g/mol. The van der Waals surface area contributed by atoms with Crippen molar-refractivity contribution in [2.45, 2.75) is 84.1 Å². The van der Waals surface area contributed by atoms with Crippen LogP contribution in [0.2, 0.25) is 0 Å². The van der Waals surface area contributed by atoms with Gasteiger partial charge in [-0.15, -0.1) is 0 Å². The maximum atomic E-state index is 13.6. The first-order valence-electron chi connectivity index (χ1n) is 14.0. The van der Waals surface area contributed by atoms with E-state index in [1.807, 2.05) is 35.1 Å². The number of hydrogen-bond donors (Lipinski definition) is 0. The highest BCUT2D eigenvalue weighted by molar-refractivity contribution is 5.92. The average molecular weight is 557 g/mol. The summed E-state index contributed by atoms with van der Waals surface area (Å²) >= 11 is 0. The first kappa shape index (κ1) is 27.9. The molecule has 0 unspecified atom stereocenters. The normalized spacial score (nSPS) is 16.7. The zero-order valence-corrected chi connectivity index (χ0v) is 22.8. The predicted molar refractivity (Wildman–Crippen MR) is 144 cm³/mol. The summed E-state index contributed by atoms with van der Waals surface area (Å²) in [5, 5.41) is 8.13. The van der Waals surface area contributed by atoms with Gasteiger partial charge < -0.3 is 9.80 Å². The summed E-state index contributed by atoms with van der Waals surface area (Å²) in [4.78, 5) is 29.9. The molecule has 2 amide bonds. The summed E-state index contributed by atoms with van der Waals surface area (Å²) in [6.45, 7) is 3.19. The van der Waals surface area contributed by atoms with Gasteiger partial charge in [0.05, 0.1) is 6.54 Å². The molecule has 3 heterocycles. The second kappa shape index (κ2) is 11.9. The third-order valence-corrected chi connectivity index (χ3v) is 7.81. The molecule has 8 nitrogen and oxygen atoms in total. The van der Waals surface area contributed by atoms with E-state index in [1.54, 1.807) is 22.9 Å². The Morgan fingerprint density at radius 3 is 2.50 bits per heavy atom. The van der Waals surface area contributed by atoms with Crippen LogP contribution in [0.25, 0.3) is 0 Å². The third kappa shape index (κ3) is 6.23. The number of rotatable bonds is 4. The van der Waals surface area contributed by atoms with Gasteiger partial charge in [0.25, 0.3) is 0 Å². The second-order valence-corrected chi connectivity index (χ2v) is 10.7. The zero-order valence-electron chi connectivity index (χ0n) is 22.8. The molecule has 0 saturated carbocycles. The van der Waals surface area contributed by atoms with Gasteiger partial charge in [-0.2, -0.15) is 23.4 Å². The number of carbonyl (C=O) groups excluding carboxylic acids is 2. The van der Waals surface area contributed by atoms with Crippen molar-refractivity contribution in [2.24, 2.45) is 0 Å². The molecule has 2 aliphatic rings. The monoisotopic (exact) mass is 556 g/mol. The number of amides is 2. The van der Waals surface area contributed by atoms with Crippen LogP contribution in [0.15, 0.2) is 36.7 Å². The SMILES string of the molecule is CC(=O)N1CCCCCCCN(C(=O)Cn2nc(C(F)(F)F)c3c2CCC3)Cc2ccc(Cn3cccn3)cc21. The number of aromatic nitrogens is 4. The standard InChI is InChI=1S/C29H35F3N6O2/c1-21(39)37-16-6-4-2-3-5-14-35(19-23-12-11-22(17-26(23)37)18-36-15-8-13-33-36)27(40)20-38-25-10-7-9-24(25)28(34-38)29(30,31)32/h8,11-13,15,17H,2-7,9-10,14,16,18-20H2,1H3. The highest BCUT2D eigenvalue weighted by Crippen LogP contribution is 2.36. The predicted octanol–water partition coefficient (Wildman–Crippen LogP) is 4.98. The van der Waals surface area contributed by atoms with E-state index in [-0.39, 0.29) is 30.5 Å². The van der Waals surface area contributed by atoms with Crippen molar-refractivity contribution in [3.05, 3.63) is 64.7 Å². The van der Waals surface area contributed by atoms with Crippen LogP contribution in [-0.2, 0) is 48.2 Å². The third-order valence-electron chi connectivity index (χ3n) is 7.81. The Hall–Kier alpha value is -3.63. The van der Waals surface area contributed by atoms with Crippen LogP contribution in [0.1, 0.15) is 73.5 Å². The number of benzene rings is 1. The van der Waals surface area contributed by atoms with E-state index in [1.165, 1.54) is 4.68 Å². The molecule has 40 heavy (non-hydrogen) atoms. The molecular formula is C29H35F3N6O2. The summed E-state index contributed by atoms with van der Waals surface area (Å²) in [5.41, 5.74) is 2.44. The van der Waals surface area contributed by atoms with Gasteiger partial charge in [-0.1, -0.05) is 31.4 Å². The minimum Gasteiger partial charge on any atom is -0.337 e. The van der Waals surface area contributed by atoms with Crippen LogP contribution >= 0.6 is 0 Å². The van der Waals surface area contributed by atoms with Gasteiger partial charge in [0.1, 0.15) is 6.54 Å². The maximum Gasteiger partial charge on any atom is 0.435 e. The van der Waals surface area contributed by atoms with Gasteiger partial charge in [0, 0.05) is 55.9 Å². The van der Waals surface area contributed by atoms with E-state index in [0.717, 1.165) is 48.9 Å². The Morgan fingerprint density at radius 2 is 1.77 bits per heavy atom. The number of fused-ring (bicyclic) bond motifs is 2. The number of hydrogen-bond acceptors (Lipinski definition) is 4. The Kier molecular flexibility index (Phi) is 8.27. The Balaban J connectivity index is 1.45. The van der Waals surface area contributed by atoms with E-state index < -0.39 is 11.9 Å². The molecule has 5 rings (SSSR count). The smallest absolute Gasteiger partial charge is 0.337 e.